The molecule has 3 aromatic rings. The Kier molecular flexibility index (Phi) is 5.92. The molecule has 0 saturated carbocycles. The summed E-state index contributed by atoms with van der Waals surface area (Å²) in [5.74, 6) is 0.102. The van der Waals surface area contributed by atoms with Crippen molar-refractivity contribution in [2.24, 2.45) is 0 Å². The van der Waals surface area contributed by atoms with E-state index in [1.54, 1.807) is 24.3 Å². The number of aryl methyl sites for hydroxylation is 1. The summed E-state index contributed by atoms with van der Waals surface area (Å²) in [5, 5.41) is -0.235. The van der Waals surface area contributed by atoms with E-state index < -0.39 is 11.3 Å². The number of ketones is 1. The van der Waals surface area contributed by atoms with Crippen molar-refractivity contribution in [3.8, 4) is 11.4 Å². The molecule has 2 aromatic carbocycles. The normalized spacial score (nSPS) is 11.6. The van der Waals surface area contributed by atoms with E-state index in [0.29, 0.717) is 16.9 Å². The summed E-state index contributed by atoms with van der Waals surface area (Å²) in [6.45, 7) is 2.03. The van der Waals surface area contributed by atoms with E-state index in [9.17, 15) is 13.6 Å². The SMILES string of the molecule is Cc1ccc(CSCC(=O)c2ccc(-c3noc(C(F)(F)Cl)n3)cc2)cc1. The lowest BCUT2D eigenvalue weighted by Crippen LogP contribution is -2.03. The molecule has 0 unspecified atom stereocenters. The van der Waals surface area contributed by atoms with Gasteiger partial charge < -0.3 is 4.52 Å². The number of carbonyl (C=O) groups is 1. The Bertz CT molecular complexity index is 922. The molecule has 0 aliphatic heterocycles. The van der Waals surface area contributed by atoms with Gasteiger partial charge in [-0.05, 0) is 24.1 Å². The number of nitrogens with zero attached hydrogens (tertiary/aromatic N) is 2. The van der Waals surface area contributed by atoms with Crippen molar-refractivity contribution in [1.82, 2.24) is 10.1 Å². The predicted molar refractivity (Wildman–Crippen MR) is 101 cm³/mol. The van der Waals surface area contributed by atoms with Crippen molar-refractivity contribution in [3.05, 3.63) is 71.1 Å². The summed E-state index contributed by atoms with van der Waals surface area (Å²) in [4.78, 5) is 15.9. The topological polar surface area (TPSA) is 56.0 Å². The molecule has 27 heavy (non-hydrogen) atoms. The molecule has 8 heteroatoms. The zero-order valence-electron chi connectivity index (χ0n) is 14.3. The minimum atomic E-state index is -3.71. The van der Waals surface area contributed by atoms with Crippen LogP contribution in [0, 0.1) is 6.92 Å². The van der Waals surface area contributed by atoms with Gasteiger partial charge in [0.15, 0.2) is 5.78 Å². The zero-order valence-corrected chi connectivity index (χ0v) is 15.9. The second kappa shape index (κ2) is 8.19. The van der Waals surface area contributed by atoms with Crippen LogP contribution in [0.15, 0.2) is 53.1 Å². The number of hydrogen-bond donors (Lipinski definition) is 0. The second-order valence-electron chi connectivity index (χ2n) is 5.90. The third-order valence-electron chi connectivity index (χ3n) is 3.76. The standard InChI is InChI=1S/C19H15ClF2N2O2S/c1-12-2-4-13(5-3-12)10-27-11-16(25)14-6-8-15(9-7-14)17-23-18(26-24-17)19(20,21)22/h2-9H,10-11H2,1H3. The van der Waals surface area contributed by atoms with Gasteiger partial charge in [0.05, 0.1) is 5.75 Å². The summed E-state index contributed by atoms with van der Waals surface area (Å²) in [5.41, 5.74) is 3.34. The molecule has 1 heterocycles. The molecular weight excluding hydrogens is 394 g/mol. The Morgan fingerprint density at radius 2 is 1.81 bits per heavy atom. The second-order valence-corrected chi connectivity index (χ2v) is 7.36. The highest BCUT2D eigenvalue weighted by molar-refractivity contribution is 7.99. The zero-order chi connectivity index (χ0) is 19.4. The van der Waals surface area contributed by atoms with Gasteiger partial charge in [0.2, 0.25) is 5.82 Å². The number of alkyl halides is 3. The van der Waals surface area contributed by atoms with E-state index in [1.807, 2.05) is 31.2 Å². The quantitative estimate of drug-likeness (QED) is 0.384. The van der Waals surface area contributed by atoms with E-state index in [-0.39, 0.29) is 11.6 Å². The van der Waals surface area contributed by atoms with Crippen LogP contribution in [-0.4, -0.2) is 21.7 Å². The lowest BCUT2D eigenvalue weighted by atomic mass is 10.1. The highest BCUT2D eigenvalue weighted by Gasteiger charge is 2.35. The lowest BCUT2D eigenvalue weighted by Gasteiger charge is -2.03. The molecule has 4 nitrogen and oxygen atoms in total. The monoisotopic (exact) mass is 408 g/mol. The number of aromatic nitrogens is 2. The third kappa shape index (κ3) is 5.14. The van der Waals surface area contributed by atoms with E-state index in [4.69, 9.17) is 11.6 Å². The van der Waals surface area contributed by atoms with Gasteiger partial charge in [-0.3, -0.25) is 4.79 Å². The van der Waals surface area contributed by atoms with Crippen LogP contribution in [-0.2, 0) is 11.1 Å². The third-order valence-corrected chi connectivity index (χ3v) is 4.92. The first-order valence-corrected chi connectivity index (χ1v) is 9.54. The summed E-state index contributed by atoms with van der Waals surface area (Å²) >= 11 is 6.38. The average molecular weight is 409 g/mol. The first-order chi connectivity index (χ1) is 12.8. The number of benzene rings is 2. The first kappa shape index (κ1) is 19.5. The Morgan fingerprint density at radius 3 is 2.41 bits per heavy atom. The number of hydrogen-bond acceptors (Lipinski definition) is 5. The van der Waals surface area contributed by atoms with Crippen LogP contribution in [0.25, 0.3) is 11.4 Å². The molecule has 0 saturated heterocycles. The molecule has 0 aliphatic rings. The van der Waals surface area contributed by atoms with Gasteiger partial charge in [0.1, 0.15) is 0 Å². The molecule has 0 atom stereocenters. The largest absolute Gasteiger partial charge is 0.400 e. The maximum Gasteiger partial charge on any atom is 0.400 e. The molecule has 0 spiro atoms. The smallest absolute Gasteiger partial charge is 0.331 e. The number of thioether (sulfide) groups is 1. The Morgan fingerprint density at radius 1 is 1.15 bits per heavy atom. The highest BCUT2D eigenvalue weighted by atomic mass is 35.5. The summed E-state index contributed by atoms with van der Waals surface area (Å²) in [6.07, 6.45) is 0. The van der Waals surface area contributed by atoms with Gasteiger partial charge in [0, 0.05) is 16.9 Å². The molecule has 0 fully saturated rings. The highest BCUT2D eigenvalue weighted by Crippen LogP contribution is 2.32. The molecule has 0 aliphatic carbocycles. The summed E-state index contributed by atoms with van der Waals surface area (Å²) in [7, 11) is 0. The van der Waals surface area contributed by atoms with Gasteiger partial charge in [-0.25, -0.2) is 0 Å². The maximum absolute atomic E-state index is 12.9. The maximum atomic E-state index is 12.9. The minimum absolute atomic E-state index is 0.0141. The van der Waals surface area contributed by atoms with Crippen molar-refractivity contribution < 1.29 is 18.1 Å². The Balaban J connectivity index is 1.58. The van der Waals surface area contributed by atoms with E-state index in [2.05, 4.69) is 14.7 Å². The van der Waals surface area contributed by atoms with Crippen LogP contribution >= 0.6 is 23.4 Å². The van der Waals surface area contributed by atoms with Crippen LogP contribution in [0.4, 0.5) is 8.78 Å². The van der Waals surface area contributed by atoms with Crippen LogP contribution in [0.1, 0.15) is 27.4 Å². The van der Waals surface area contributed by atoms with Crippen molar-refractivity contribution in [2.45, 2.75) is 18.1 Å². The van der Waals surface area contributed by atoms with Crippen LogP contribution in [0.5, 0.6) is 0 Å². The van der Waals surface area contributed by atoms with E-state index >= 15 is 0 Å². The van der Waals surface area contributed by atoms with Crippen LogP contribution in [0.3, 0.4) is 0 Å². The molecule has 0 radical (unpaired) electrons. The Labute approximate surface area is 163 Å². The lowest BCUT2D eigenvalue weighted by molar-refractivity contribution is 0.0551. The van der Waals surface area contributed by atoms with Crippen LogP contribution < -0.4 is 0 Å². The minimum Gasteiger partial charge on any atom is -0.331 e. The molecule has 1 aromatic heterocycles. The molecule has 3 rings (SSSR count). The average Bonchev–Trinajstić information content (AvgIpc) is 3.14. The Hall–Kier alpha value is -2.25. The summed E-state index contributed by atoms with van der Waals surface area (Å²) in [6, 6.07) is 14.6. The van der Waals surface area contributed by atoms with Gasteiger partial charge >= 0.3 is 11.3 Å². The fourth-order valence-corrected chi connectivity index (χ4v) is 3.25. The van der Waals surface area contributed by atoms with Gasteiger partial charge in [0.25, 0.3) is 0 Å². The number of rotatable bonds is 7. The van der Waals surface area contributed by atoms with Crippen LogP contribution in [0.2, 0.25) is 0 Å². The van der Waals surface area contributed by atoms with Crippen molar-refractivity contribution in [1.29, 1.82) is 0 Å². The van der Waals surface area contributed by atoms with Crippen molar-refractivity contribution in [2.75, 3.05) is 5.75 Å². The van der Waals surface area contributed by atoms with Gasteiger partial charge in [-0.15, -0.1) is 11.8 Å². The number of carbonyl (C=O) groups excluding carboxylic acids is 1. The van der Waals surface area contributed by atoms with Gasteiger partial charge in [-0.2, -0.15) is 13.8 Å². The molecule has 140 valence electrons. The van der Waals surface area contributed by atoms with E-state index in [0.717, 1.165) is 11.3 Å². The number of Topliss-reactive ketones (excluding diaryl/α,β-unsaturated/α-hetero) is 1. The number of halogens is 3. The molecular formula is C19H15ClF2N2O2S. The fraction of sp³-hybridized carbons (Fsp3) is 0.211. The summed E-state index contributed by atoms with van der Waals surface area (Å²) < 4.78 is 30.3. The van der Waals surface area contributed by atoms with Crippen molar-refractivity contribution in [3.63, 3.8) is 0 Å². The first-order valence-electron chi connectivity index (χ1n) is 8.01. The fourth-order valence-electron chi connectivity index (χ4n) is 2.29. The molecule has 0 bridgehead atoms. The van der Waals surface area contributed by atoms with Crippen molar-refractivity contribution >= 4 is 29.1 Å². The molecule has 0 N–H and O–H groups in total. The predicted octanol–water partition coefficient (Wildman–Crippen LogP) is 5.45. The molecule has 0 amide bonds. The van der Waals surface area contributed by atoms with Gasteiger partial charge in [-0.1, -0.05) is 59.3 Å². The van der Waals surface area contributed by atoms with E-state index in [1.165, 1.54) is 17.3 Å².